The van der Waals surface area contributed by atoms with Crippen molar-refractivity contribution in [3.05, 3.63) is 65.4 Å². The molecule has 3 rings (SSSR count). The number of hydrogen-bond donors (Lipinski definition) is 1. The van der Waals surface area contributed by atoms with E-state index in [0.717, 1.165) is 29.6 Å². The van der Waals surface area contributed by atoms with Crippen molar-refractivity contribution >= 4 is 22.8 Å². The maximum atomic E-state index is 13.4. The molecular formula is C26H31NO5. The third kappa shape index (κ3) is 6.13. The number of fused-ring (bicyclic) bond motifs is 1. The molecule has 3 aromatic rings. The van der Waals surface area contributed by atoms with Crippen molar-refractivity contribution in [3.63, 3.8) is 0 Å². The Morgan fingerprint density at radius 1 is 1.12 bits per heavy atom. The van der Waals surface area contributed by atoms with Gasteiger partial charge in [0.2, 0.25) is 0 Å². The highest BCUT2D eigenvalue weighted by molar-refractivity contribution is 5.98. The topological polar surface area (TPSA) is 80.0 Å². The van der Waals surface area contributed by atoms with Crippen LogP contribution in [0.4, 0.5) is 0 Å². The van der Waals surface area contributed by atoms with Crippen LogP contribution in [0.25, 0.3) is 11.0 Å². The molecule has 0 fully saturated rings. The average Bonchev–Trinajstić information content (AvgIpc) is 3.15. The van der Waals surface area contributed by atoms with Crippen molar-refractivity contribution in [3.8, 4) is 5.75 Å². The molecule has 1 unspecified atom stereocenters. The number of carboxylic acids is 1. The van der Waals surface area contributed by atoms with Crippen molar-refractivity contribution < 1.29 is 25.2 Å². The summed E-state index contributed by atoms with van der Waals surface area (Å²) in [6.07, 6.45) is 2.24. The molecule has 1 atom stereocenters. The minimum absolute atomic E-state index is 0.154. The van der Waals surface area contributed by atoms with Crippen molar-refractivity contribution in [1.82, 2.24) is 4.90 Å². The number of benzene rings is 2. The molecule has 32 heavy (non-hydrogen) atoms. The van der Waals surface area contributed by atoms with E-state index in [0.29, 0.717) is 29.9 Å². The third-order valence-corrected chi connectivity index (χ3v) is 5.17. The van der Waals surface area contributed by atoms with Crippen molar-refractivity contribution in [2.45, 2.75) is 59.0 Å². The fourth-order valence-electron chi connectivity index (χ4n) is 3.51. The highest BCUT2D eigenvalue weighted by Gasteiger charge is 2.21. The van der Waals surface area contributed by atoms with Gasteiger partial charge in [-0.2, -0.15) is 0 Å². The summed E-state index contributed by atoms with van der Waals surface area (Å²) in [5.41, 5.74) is 1.85. The summed E-state index contributed by atoms with van der Waals surface area (Å²) in [5, 5.41) is 9.59. The number of hydrogen-bond acceptors (Lipinski definition) is 4. The molecule has 1 amide bonds. The van der Waals surface area contributed by atoms with Gasteiger partial charge in [0.25, 0.3) is 5.91 Å². The van der Waals surface area contributed by atoms with E-state index in [4.69, 9.17) is 15.6 Å². The number of carbonyl (C=O) groups excluding carboxylic acids is 1. The van der Waals surface area contributed by atoms with E-state index in [9.17, 15) is 9.59 Å². The predicted molar refractivity (Wildman–Crippen MR) is 124 cm³/mol. The van der Waals surface area contributed by atoms with E-state index >= 15 is 0 Å². The van der Waals surface area contributed by atoms with Crippen LogP contribution in [0.2, 0.25) is 0 Å². The zero-order valence-electron chi connectivity index (χ0n) is 19.8. The molecule has 170 valence electrons. The molecule has 6 nitrogen and oxygen atoms in total. The van der Waals surface area contributed by atoms with Crippen LogP contribution in [-0.4, -0.2) is 34.5 Å². The summed E-state index contributed by atoms with van der Waals surface area (Å²) in [5.74, 6) is 0.325. The highest BCUT2D eigenvalue weighted by Crippen LogP contribution is 2.25. The Bertz CT molecular complexity index is 1110. The first-order valence-electron chi connectivity index (χ1n) is 11.5. The van der Waals surface area contributed by atoms with E-state index < -0.39 is 12.5 Å². The standard InChI is InChI=1S/C26H31NO5/c1-18(2)27(26(30)20-12-13-24-22(16-20)15-19(3)32-24)17-21-9-6-7-10-23(21)31-14-8-4-5-11-25(28)29/h6-7,9-10,12-13,15-16,18H,4-5,8,11,14,17H2,1-3H3,(H,28,29)/i17D. The first-order valence-corrected chi connectivity index (χ1v) is 11.0. The SMILES string of the molecule is [2H]C(c1ccccc1OCCCCCC(=O)O)N(C(=O)c1ccc2oc(C)cc2c1)C(C)C. The fraction of sp³-hybridized carbons (Fsp3) is 0.385. The summed E-state index contributed by atoms with van der Waals surface area (Å²) in [6.45, 7) is 5.14. The minimum atomic E-state index is -0.942. The summed E-state index contributed by atoms with van der Waals surface area (Å²) < 4.78 is 20.5. The first-order chi connectivity index (χ1) is 15.8. The molecule has 0 aliphatic rings. The molecule has 0 saturated heterocycles. The second-order valence-electron chi connectivity index (χ2n) is 8.14. The maximum absolute atomic E-state index is 13.4. The van der Waals surface area contributed by atoms with Gasteiger partial charge < -0.3 is 19.2 Å². The largest absolute Gasteiger partial charge is 0.493 e. The number of nitrogens with zero attached hydrogens (tertiary/aromatic N) is 1. The fourth-order valence-corrected chi connectivity index (χ4v) is 3.51. The molecule has 0 radical (unpaired) electrons. The summed E-state index contributed by atoms with van der Waals surface area (Å²) in [4.78, 5) is 25.6. The van der Waals surface area contributed by atoms with Crippen LogP contribution in [-0.2, 0) is 11.3 Å². The van der Waals surface area contributed by atoms with Gasteiger partial charge in [0, 0.05) is 35.5 Å². The smallest absolute Gasteiger partial charge is 0.303 e. The molecule has 1 N–H and O–H groups in total. The number of para-hydroxylation sites is 1. The lowest BCUT2D eigenvalue weighted by Crippen LogP contribution is -2.36. The quantitative estimate of drug-likeness (QED) is 0.382. The Labute approximate surface area is 190 Å². The van der Waals surface area contributed by atoms with E-state index in [1.807, 2.05) is 45.0 Å². The van der Waals surface area contributed by atoms with Crippen LogP contribution >= 0.6 is 0 Å². The minimum Gasteiger partial charge on any atom is -0.493 e. The molecule has 0 aliphatic heterocycles. The summed E-state index contributed by atoms with van der Waals surface area (Å²) in [6, 6.07) is 14.3. The molecule has 2 aromatic carbocycles. The average molecular weight is 439 g/mol. The molecule has 0 saturated carbocycles. The van der Waals surface area contributed by atoms with Crippen molar-refractivity contribution in [2.75, 3.05) is 6.61 Å². The number of aryl methyl sites for hydroxylation is 1. The number of furan rings is 1. The van der Waals surface area contributed by atoms with Gasteiger partial charge >= 0.3 is 5.97 Å². The molecule has 0 spiro atoms. The predicted octanol–water partition coefficient (Wildman–Crippen LogP) is 5.82. The van der Waals surface area contributed by atoms with Crippen LogP contribution in [0.15, 0.2) is 52.9 Å². The van der Waals surface area contributed by atoms with Crippen LogP contribution < -0.4 is 4.74 Å². The van der Waals surface area contributed by atoms with E-state index in [1.54, 1.807) is 29.2 Å². The number of amides is 1. The van der Waals surface area contributed by atoms with Gasteiger partial charge in [-0.3, -0.25) is 9.59 Å². The summed E-state index contributed by atoms with van der Waals surface area (Å²) >= 11 is 0. The van der Waals surface area contributed by atoms with Gasteiger partial charge in [0.1, 0.15) is 17.1 Å². The Balaban J connectivity index is 1.75. The molecule has 1 aromatic heterocycles. The van der Waals surface area contributed by atoms with Gasteiger partial charge in [0.15, 0.2) is 0 Å². The molecular weight excluding hydrogens is 406 g/mol. The van der Waals surface area contributed by atoms with E-state index in [2.05, 4.69) is 0 Å². The zero-order valence-corrected chi connectivity index (χ0v) is 18.8. The molecule has 0 aliphatic carbocycles. The van der Waals surface area contributed by atoms with Crippen LogP contribution in [0.1, 0.15) is 62.6 Å². The van der Waals surface area contributed by atoms with Crippen LogP contribution in [0.5, 0.6) is 5.75 Å². The Kier molecular flexibility index (Phi) is 7.43. The number of ether oxygens (including phenoxy) is 1. The zero-order chi connectivity index (χ0) is 24.0. The van der Waals surface area contributed by atoms with Crippen molar-refractivity contribution in [1.29, 1.82) is 0 Å². The van der Waals surface area contributed by atoms with Crippen LogP contribution in [0.3, 0.4) is 0 Å². The summed E-state index contributed by atoms with van der Waals surface area (Å²) in [7, 11) is 0. The highest BCUT2D eigenvalue weighted by atomic mass is 16.5. The monoisotopic (exact) mass is 438 g/mol. The van der Waals surface area contributed by atoms with Crippen molar-refractivity contribution in [2.24, 2.45) is 0 Å². The Morgan fingerprint density at radius 2 is 1.91 bits per heavy atom. The molecule has 0 bridgehead atoms. The lowest BCUT2D eigenvalue weighted by atomic mass is 10.1. The number of carboxylic acid groups (broad SMARTS) is 1. The third-order valence-electron chi connectivity index (χ3n) is 5.17. The van der Waals surface area contributed by atoms with Crippen LogP contribution in [0, 0.1) is 6.92 Å². The normalized spacial score (nSPS) is 12.6. The van der Waals surface area contributed by atoms with Gasteiger partial charge in [-0.25, -0.2) is 0 Å². The van der Waals surface area contributed by atoms with Gasteiger partial charge in [0.05, 0.1) is 7.98 Å². The number of carbonyl (C=O) groups is 2. The Morgan fingerprint density at radius 3 is 2.66 bits per heavy atom. The van der Waals surface area contributed by atoms with Gasteiger partial charge in [-0.05, 0) is 70.4 Å². The number of unbranched alkanes of at least 4 members (excludes halogenated alkanes) is 2. The lowest BCUT2D eigenvalue weighted by Gasteiger charge is -2.28. The molecule has 1 heterocycles. The first kappa shape index (κ1) is 21.9. The van der Waals surface area contributed by atoms with E-state index in [1.165, 1.54) is 0 Å². The number of aliphatic carboxylic acids is 1. The second-order valence-corrected chi connectivity index (χ2v) is 8.14. The number of rotatable bonds is 11. The second kappa shape index (κ2) is 10.8. The lowest BCUT2D eigenvalue weighted by molar-refractivity contribution is -0.137. The molecule has 6 heteroatoms. The Hall–Kier alpha value is -3.28. The van der Waals surface area contributed by atoms with E-state index in [-0.39, 0.29) is 18.4 Å². The van der Waals surface area contributed by atoms with Gasteiger partial charge in [-0.15, -0.1) is 0 Å². The van der Waals surface area contributed by atoms with Gasteiger partial charge in [-0.1, -0.05) is 18.2 Å². The maximum Gasteiger partial charge on any atom is 0.303 e.